The molecule has 0 radical (unpaired) electrons. The number of halogens is 1. The van der Waals surface area contributed by atoms with Crippen LogP contribution in [0.3, 0.4) is 0 Å². The largest absolute Gasteiger partial charge is 0.494 e. The SMILES string of the molecule is CCOc1ccc(C(=O)N2CC(CCl)OCC2C)cc1. The molecule has 1 aliphatic heterocycles. The number of alkyl halides is 1. The molecule has 1 aromatic carbocycles. The molecule has 1 fully saturated rings. The molecule has 1 saturated heterocycles. The lowest BCUT2D eigenvalue weighted by Gasteiger charge is -2.37. The number of morpholine rings is 1. The Bertz CT molecular complexity index is 449. The van der Waals surface area contributed by atoms with Crippen LogP contribution in [-0.2, 0) is 4.74 Å². The molecule has 20 heavy (non-hydrogen) atoms. The van der Waals surface area contributed by atoms with Gasteiger partial charge in [0.2, 0.25) is 0 Å². The summed E-state index contributed by atoms with van der Waals surface area (Å²) >= 11 is 5.82. The number of rotatable bonds is 4. The average Bonchev–Trinajstić information content (AvgIpc) is 2.48. The van der Waals surface area contributed by atoms with Gasteiger partial charge in [0.1, 0.15) is 5.75 Å². The Balaban J connectivity index is 2.08. The van der Waals surface area contributed by atoms with Crippen LogP contribution in [0.15, 0.2) is 24.3 Å². The molecule has 0 bridgehead atoms. The van der Waals surface area contributed by atoms with Gasteiger partial charge in [-0.05, 0) is 38.1 Å². The van der Waals surface area contributed by atoms with Crippen molar-refractivity contribution in [3.05, 3.63) is 29.8 Å². The predicted molar refractivity (Wildman–Crippen MR) is 78.6 cm³/mol. The molecule has 1 heterocycles. The molecule has 2 atom stereocenters. The average molecular weight is 298 g/mol. The highest BCUT2D eigenvalue weighted by molar-refractivity contribution is 6.18. The maximum atomic E-state index is 12.5. The quantitative estimate of drug-likeness (QED) is 0.802. The third-order valence-corrected chi connectivity index (χ3v) is 3.69. The number of carbonyl (C=O) groups is 1. The first kappa shape index (κ1) is 15.1. The summed E-state index contributed by atoms with van der Waals surface area (Å²) in [5.74, 6) is 1.19. The van der Waals surface area contributed by atoms with E-state index in [0.29, 0.717) is 31.2 Å². The molecule has 110 valence electrons. The zero-order valence-corrected chi connectivity index (χ0v) is 12.6. The zero-order valence-electron chi connectivity index (χ0n) is 11.8. The molecular formula is C15H20ClNO3. The monoisotopic (exact) mass is 297 g/mol. The van der Waals surface area contributed by atoms with Gasteiger partial charge in [0.15, 0.2) is 0 Å². The lowest BCUT2D eigenvalue weighted by atomic mass is 10.1. The summed E-state index contributed by atoms with van der Waals surface area (Å²) in [6.45, 7) is 5.60. The van der Waals surface area contributed by atoms with Crippen molar-refractivity contribution >= 4 is 17.5 Å². The van der Waals surface area contributed by atoms with Crippen LogP contribution >= 0.6 is 11.6 Å². The third-order valence-electron chi connectivity index (χ3n) is 3.35. The molecule has 2 unspecified atom stereocenters. The summed E-state index contributed by atoms with van der Waals surface area (Å²) in [4.78, 5) is 14.4. The maximum absolute atomic E-state index is 12.5. The van der Waals surface area contributed by atoms with Gasteiger partial charge in [-0.15, -0.1) is 11.6 Å². The first-order valence-electron chi connectivity index (χ1n) is 6.87. The lowest BCUT2D eigenvalue weighted by Crippen LogP contribution is -2.51. The summed E-state index contributed by atoms with van der Waals surface area (Å²) in [6, 6.07) is 7.30. The number of amides is 1. The Hall–Kier alpha value is -1.26. The molecule has 4 nitrogen and oxygen atoms in total. The summed E-state index contributed by atoms with van der Waals surface area (Å²) in [5.41, 5.74) is 0.663. The van der Waals surface area contributed by atoms with Gasteiger partial charge < -0.3 is 14.4 Å². The van der Waals surface area contributed by atoms with Crippen molar-refractivity contribution in [3.8, 4) is 5.75 Å². The summed E-state index contributed by atoms with van der Waals surface area (Å²) < 4.78 is 10.9. The first-order valence-corrected chi connectivity index (χ1v) is 7.40. The Kier molecular flexibility index (Phi) is 5.26. The standard InChI is InChI=1S/C15H20ClNO3/c1-3-19-13-6-4-12(5-7-13)15(18)17-9-14(8-16)20-10-11(17)2/h4-7,11,14H,3,8-10H2,1-2H3. The van der Waals surface area contributed by atoms with E-state index in [-0.39, 0.29) is 18.1 Å². The topological polar surface area (TPSA) is 38.8 Å². The van der Waals surface area contributed by atoms with Crippen molar-refractivity contribution < 1.29 is 14.3 Å². The summed E-state index contributed by atoms with van der Waals surface area (Å²) in [7, 11) is 0. The van der Waals surface area contributed by atoms with E-state index >= 15 is 0 Å². The van der Waals surface area contributed by atoms with Crippen molar-refractivity contribution in [2.45, 2.75) is 26.0 Å². The van der Waals surface area contributed by atoms with Crippen molar-refractivity contribution in [1.29, 1.82) is 0 Å². The van der Waals surface area contributed by atoms with Crippen molar-refractivity contribution in [2.75, 3.05) is 25.6 Å². The fourth-order valence-corrected chi connectivity index (χ4v) is 2.41. The highest BCUT2D eigenvalue weighted by atomic mass is 35.5. The predicted octanol–water partition coefficient (Wildman–Crippen LogP) is 2.55. The van der Waals surface area contributed by atoms with Gasteiger partial charge in [-0.1, -0.05) is 0 Å². The van der Waals surface area contributed by atoms with Gasteiger partial charge in [-0.25, -0.2) is 0 Å². The zero-order chi connectivity index (χ0) is 14.5. The second-order valence-electron chi connectivity index (χ2n) is 4.87. The molecule has 1 aromatic rings. The van der Waals surface area contributed by atoms with Gasteiger partial charge in [0, 0.05) is 12.1 Å². The third kappa shape index (κ3) is 3.44. The normalized spacial score (nSPS) is 22.6. The van der Waals surface area contributed by atoms with E-state index < -0.39 is 0 Å². The molecule has 0 aliphatic carbocycles. The van der Waals surface area contributed by atoms with E-state index in [1.165, 1.54) is 0 Å². The van der Waals surface area contributed by atoms with E-state index in [2.05, 4.69) is 0 Å². The fraction of sp³-hybridized carbons (Fsp3) is 0.533. The van der Waals surface area contributed by atoms with Crippen LogP contribution in [0.2, 0.25) is 0 Å². The summed E-state index contributed by atoms with van der Waals surface area (Å²) in [5, 5.41) is 0. The second kappa shape index (κ2) is 6.95. The highest BCUT2D eigenvalue weighted by Crippen LogP contribution is 2.18. The van der Waals surface area contributed by atoms with E-state index in [0.717, 1.165) is 5.75 Å². The van der Waals surface area contributed by atoms with Crippen molar-refractivity contribution in [1.82, 2.24) is 4.90 Å². The highest BCUT2D eigenvalue weighted by Gasteiger charge is 2.29. The van der Waals surface area contributed by atoms with Gasteiger partial charge in [0.25, 0.3) is 5.91 Å². The smallest absolute Gasteiger partial charge is 0.254 e. The number of hydrogen-bond acceptors (Lipinski definition) is 3. The van der Waals surface area contributed by atoms with Crippen LogP contribution in [0.1, 0.15) is 24.2 Å². The van der Waals surface area contributed by atoms with E-state index in [9.17, 15) is 4.79 Å². The minimum atomic E-state index is -0.0838. The molecule has 0 aromatic heterocycles. The van der Waals surface area contributed by atoms with Gasteiger partial charge in [-0.2, -0.15) is 0 Å². The van der Waals surface area contributed by atoms with E-state index in [4.69, 9.17) is 21.1 Å². The minimum Gasteiger partial charge on any atom is -0.494 e. The molecule has 2 rings (SSSR count). The summed E-state index contributed by atoms with van der Waals surface area (Å²) in [6.07, 6.45) is -0.0838. The fourth-order valence-electron chi connectivity index (χ4n) is 2.22. The molecule has 0 N–H and O–H groups in total. The molecule has 0 saturated carbocycles. The molecule has 1 aliphatic rings. The van der Waals surface area contributed by atoms with Gasteiger partial charge in [0.05, 0.1) is 31.2 Å². The minimum absolute atomic E-state index is 0.0129. The number of hydrogen-bond donors (Lipinski definition) is 0. The molecule has 0 spiro atoms. The van der Waals surface area contributed by atoms with E-state index in [1.54, 1.807) is 12.1 Å². The number of benzene rings is 1. The Morgan fingerprint density at radius 2 is 2.15 bits per heavy atom. The van der Waals surface area contributed by atoms with Crippen LogP contribution in [0.25, 0.3) is 0 Å². The number of carbonyl (C=O) groups excluding carboxylic acids is 1. The lowest BCUT2D eigenvalue weighted by molar-refractivity contribution is -0.0371. The Morgan fingerprint density at radius 1 is 1.45 bits per heavy atom. The molecular weight excluding hydrogens is 278 g/mol. The Labute approximate surface area is 124 Å². The van der Waals surface area contributed by atoms with Crippen molar-refractivity contribution in [3.63, 3.8) is 0 Å². The Morgan fingerprint density at radius 3 is 2.75 bits per heavy atom. The van der Waals surface area contributed by atoms with Crippen LogP contribution in [-0.4, -0.2) is 48.6 Å². The van der Waals surface area contributed by atoms with Gasteiger partial charge >= 0.3 is 0 Å². The first-order chi connectivity index (χ1) is 9.65. The molecule has 1 amide bonds. The van der Waals surface area contributed by atoms with Crippen LogP contribution in [0.4, 0.5) is 0 Å². The second-order valence-corrected chi connectivity index (χ2v) is 5.18. The van der Waals surface area contributed by atoms with Crippen LogP contribution in [0.5, 0.6) is 5.75 Å². The number of ether oxygens (including phenoxy) is 2. The van der Waals surface area contributed by atoms with Crippen LogP contribution < -0.4 is 4.74 Å². The number of nitrogens with zero attached hydrogens (tertiary/aromatic N) is 1. The molecule has 5 heteroatoms. The van der Waals surface area contributed by atoms with Crippen LogP contribution in [0, 0.1) is 0 Å². The van der Waals surface area contributed by atoms with Gasteiger partial charge in [-0.3, -0.25) is 4.79 Å². The maximum Gasteiger partial charge on any atom is 0.254 e. The van der Waals surface area contributed by atoms with Crippen molar-refractivity contribution in [2.24, 2.45) is 0 Å². The van der Waals surface area contributed by atoms with E-state index in [1.807, 2.05) is 30.9 Å².